The maximum absolute atomic E-state index is 9.93. The van der Waals surface area contributed by atoms with Crippen LogP contribution in [0.25, 0.3) is 0 Å². The monoisotopic (exact) mass is 256 g/mol. The lowest BCUT2D eigenvalue weighted by atomic mass is 9.89. The Hall–Kier alpha value is -0.120. The van der Waals surface area contributed by atoms with Crippen molar-refractivity contribution in [2.24, 2.45) is 5.92 Å². The van der Waals surface area contributed by atoms with Crippen molar-refractivity contribution in [3.05, 3.63) is 0 Å². The van der Waals surface area contributed by atoms with Crippen molar-refractivity contribution in [1.82, 2.24) is 10.2 Å². The van der Waals surface area contributed by atoms with Crippen LogP contribution in [0.5, 0.6) is 0 Å². The van der Waals surface area contributed by atoms with Gasteiger partial charge in [0.05, 0.1) is 12.1 Å². The van der Waals surface area contributed by atoms with Crippen molar-refractivity contribution in [3.8, 4) is 0 Å². The predicted octanol–water partition coefficient (Wildman–Crippen LogP) is 2.25. The van der Waals surface area contributed by atoms with E-state index in [9.17, 15) is 5.11 Å². The molecular weight excluding hydrogens is 224 g/mol. The van der Waals surface area contributed by atoms with Gasteiger partial charge >= 0.3 is 0 Å². The molecule has 0 aromatic rings. The predicted molar refractivity (Wildman–Crippen MR) is 77.8 cm³/mol. The van der Waals surface area contributed by atoms with E-state index in [1.54, 1.807) is 0 Å². The molecule has 0 aromatic carbocycles. The van der Waals surface area contributed by atoms with Gasteiger partial charge in [-0.05, 0) is 46.1 Å². The van der Waals surface area contributed by atoms with Gasteiger partial charge in [-0.25, -0.2) is 0 Å². The summed E-state index contributed by atoms with van der Waals surface area (Å²) in [6.07, 6.45) is 3.62. The molecule has 1 fully saturated rings. The minimum Gasteiger partial charge on any atom is -0.394 e. The molecular formula is C15H32N2O. The topological polar surface area (TPSA) is 35.5 Å². The van der Waals surface area contributed by atoms with E-state index >= 15 is 0 Å². The highest BCUT2D eigenvalue weighted by Gasteiger charge is 2.46. The number of hydrogen-bond acceptors (Lipinski definition) is 3. The highest BCUT2D eigenvalue weighted by molar-refractivity contribution is 5.04. The third kappa shape index (κ3) is 3.69. The molecule has 108 valence electrons. The van der Waals surface area contributed by atoms with Gasteiger partial charge in [0.1, 0.15) is 0 Å². The summed E-state index contributed by atoms with van der Waals surface area (Å²) >= 11 is 0. The standard InChI is InChI=1S/C15H32N2O/c1-7-14(4,5)17(6)10-15(11-18,13-8-9-13)16-12(2)3/h12-13,16,18H,7-11H2,1-6H3. The van der Waals surface area contributed by atoms with Crippen LogP contribution in [0.3, 0.4) is 0 Å². The Balaban J connectivity index is 2.78. The van der Waals surface area contributed by atoms with Crippen LogP contribution in [0.2, 0.25) is 0 Å². The quantitative estimate of drug-likeness (QED) is 0.699. The highest BCUT2D eigenvalue weighted by atomic mass is 16.3. The molecule has 1 aliphatic carbocycles. The summed E-state index contributed by atoms with van der Waals surface area (Å²) in [5, 5.41) is 13.6. The number of nitrogens with zero attached hydrogens (tertiary/aromatic N) is 1. The Bertz CT molecular complexity index is 261. The van der Waals surface area contributed by atoms with Crippen LogP contribution in [0.15, 0.2) is 0 Å². The van der Waals surface area contributed by atoms with Crippen LogP contribution < -0.4 is 5.32 Å². The van der Waals surface area contributed by atoms with E-state index in [0.717, 1.165) is 13.0 Å². The maximum atomic E-state index is 9.93. The van der Waals surface area contributed by atoms with E-state index in [1.165, 1.54) is 12.8 Å². The zero-order chi connectivity index (χ0) is 14.0. The van der Waals surface area contributed by atoms with Gasteiger partial charge < -0.3 is 10.4 Å². The van der Waals surface area contributed by atoms with Crippen LogP contribution >= 0.6 is 0 Å². The molecule has 18 heavy (non-hydrogen) atoms. The van der Waals surface area contributed by atoms with E-state index in [4.69, 9.17) is 0 Å². The lowest BCUT2D eigenvalue weighted by Crippen LogP contribution is -2.62. The third-order valence-corrected chi connectivity index (χ3v) is 4.64. The van der Waals surface area contributed by atoms with Crippen molar-refractivity contribution < 1.29 is 5.11 Å². The van der Waals surface area contributed by atoms with Gasteiger partial charge in [-0.1, -0.05) is 20.8 Å². The molecule has 0 saturated heterocycles. The summed E-state index contributed by atoms with van der Waals surface area (Å²) in [7, 11) is 2.18. The Morgan fingerprint density at radius 2 is 1.89 bits per heavy atom. The number of aliphatic hydroxyl groups excluding tert-OH is 1. The molecule has 0 radical (unpaired) electrons. The van der Waals surface area contributed by atoms with E-state index in [2.05, 4.69) is 51.9 Å². The molecule has 0 aliphatic heterocycles. The Kier molecular flexibility index (Phi) is 5.22. The van der Waals surface area contributed by atoms with Crippen molar-refractivity contribution >= 4 is 0 Å². The van der Waals surface area contributed by atoms with E-state index < -0.39 is 0 Å². The molecule has 1 saturated carbocycles. The third-order valence-electron chi connectivity index (χ3n) is 4.64. The lowest BCUT2D eigenvalue weighted by Gasteiger charge is -2.44. The zero-order valence-corrected chi connectivity index (χ0v) is 13.1. The van der Waals surface area contributed by atoms with Crippen molar-refractivity contribution in [2.45, 2.75) is 71.0 Å². The maximum Gasteiger partial charge on any atom is 0.0628 e. The number of likely N-dealkylation sites (N-methyl/N-ethyl adjacent to an activating group) is 1. The summed E-state index contributed by atoms with van der Waals surface area (Å²) in [6.45, 7) is 12.3. The number of aliphatic hydroxyl groups is 1. The average Bonchev–Trinajstić information content (AvgIpc) is 3.11. The van der Waals surface area contributed by atoms with Crippen molar-refractivity contribution in [2.75, 3.05) is 20.2 Å². The normalized spacial score (nSPS) is 20.5. The Morgan fingerprint density at radius 1 is 1.33 bits per heavy atom. The largest absolute Gasteiger partial charge is 0.394 e. The number of hydrogen-bond donors (Lipinski definition) is 2. The molecule has 0 spiro atoms. The number of nitrogens with one attached hydrogen (secondary N) is 1. The second-order valence-corrected chi connectivity index (χ2v) is 6.91. The number of rotatable bonds is 8. The van der Waals surface area contributed by atoms with Gasteiger partial charge in [0.25, 0.3) is 0 Å². The molecule has 3 nitrogen and oxygen atoms in total. The molecule has 1 atom stereocenters. The summed E-state index contributed by atoms with van der Waals surface area (Å²) in [5.41, 5.74) is 0.0727. The first kappa shape index (κ1) is 15.9. The van der Waals surface area contributed by atoms with Crippen LogP contribution in [0.1, 0.15) is 53.9 Å². The van der Waals surface area contributed by atoms with Gasteiger partial charge in [0, 0.05) is 18.1 Å². The van der Waals surface area contributed by atoms with Gasteiger partial charge in [-0.15, -0.1) is 0 Å². The molecule has 0 amide bonds. The van der Waals surface area contributed by atoms with Gasteiger partial charge in [0.2, 0.25) is 0 Å². The first-order chi connectivity index (χ1) is 8.27. The van der Waals surface area contributed by atoms with Crippen LogP contribution in [-0.2, 0) is 0 Å². The first-order valence-corrected chi connectivity index (χ1v) is 7.37. The summed E-state index contributed by atoms with van der Waals surface area (Å²) in [6, 6.07) is 0.413. The molecule has 0 aromatic heterocycles. The first-order valence-electron chi connectivity index (χ1n) is 7.37. The van der Waals surface area contributed by atoms with Crippen molar-refractivity contribution in [1.29, 1.82) is 0 Å². The van der Waals surface area contributed by atoms with Crippen LogP contribution in [-0.4, -0.2) is 47.3 Å². The molecule has 1 aliphatic rings. The lowest BCUT2D eigenvalue weighted by molar-refractivity contribution is 0.0502. The zero-order valence-electron chi connectivity index (χ0n) is 13.1. The Labute approximate surface area is 113 Å². The fraction of sp³-hybridized carbons (Fsp3) is 1.00. The SMILES string of the molecule is CCC(C)(C)N(C)CC(CO)(NC(C)C)C1CC1. The van der Waals surface area contributed by atoms with Gasteiger partial charge in [-0.3, -0.25) is 4.90 Å². The minimum absolute atomic E-state index is 0.116. The van der Waals surface area contributed by atoms with Gasteiger partial charge in [0.15, 0.2) is 0 Å². The summed E-state index contributed by atoms with van der Waals surface area (Å²) in [4.78, 5) is 2.40. The molecule has 1 rings (SSSR count). The molecule has 0 heterocycles. The minimum atomic E-state index is -0.116. The summed E-state index contributed by atoms with van der Waals surface area (Å²) < 4.78 is 0. The highest BCUT2D eigenvalue weighted by Crippen LogP contribution is 2.41. The molecule has 0 bridgehead atoms. The molecule has 3 heteroatoms. The van der Waals surface area contributed by atoms with Crippen molar-refractivity contribution in [3.63, 3.8) is 0 Å². The fourth-order valence-electron chi connectivity index (χ4n) is 2.64. The molecule has 2 N–H and O–H groups in total. The fourth-order valence-corrected chi connectivity index (χ4v) is 2.64. The van der Waals surface area contributed by atoms with Gasteiger partial charge in [-0.2, -0.15) is 0 Å². The van der Waals surface area contributed by atoms with E-state index in [1.807, 2.05) is 0 Å². The van der Waals surface area contributed by atoms with Crippen LogP contribution in [0.4, 0.5) is 0 Å². The Morgan fingerprint density at radius 3 is 2.22 bits per heavy atom. The van der Waals surface area contributed by atoms with Crippen LogP contribution in [0, 0.1) is 5.92 Å². The average molecular weight is 256 g/mol. The second kappa shape index (κ2) is 5.89. The smallest absolute Gasteiger partial charge is 0.0628 e. The molecule has 1 unspecified atom stereocenters. The summed E-state index contributed by atoms with van der Waals surface area (Å²) in [5.74, 6) is 0.639. The second-order valence-electron chi connectivity index (χ2n) is 6.91. The van der Waals surface area contributed by atoms with E-state index in [-0.39, 0.29) is 17.7 Å². The van der Waals surface area contributed by atoms with E-state index in [0.29, 0.717) is 12.0 Å².